The molecule has 2 aliphatic rings. The van der Waals surface area contributed by atoms with Crippen molar-refractivity contribution in [3.8, 4) is 0 Å². The number of likely N-dealkylation sites (N-methyl/N-ethyl adjacent to an activating group) is 1. The molecule has 1 atom stereocenters. The predicted octanol–water partition coefficient (Wildman–Crippen LogP) is 1.38. The van der Waals surface area contributed by atoms with Gasteiger partial charge in [0, 0.05) is 39.6 Å². The Labute approximate surface area is 151 Å². The normalized spacial score (nSPS) is 25.4. The van der Waals surface area contributed by atoms with Gasteiger partial charge < -0.3 is 20.2 Å². The second-order valence-electron chi connectivity index (χ2n) is 7.88. The third kappa shape index (κ3) is 5.96. The molecule has 2 N–H and O–H groups in total. The van der Waals surface area contributed by atoms with Crippen LogP contribution in [0.3, 0.4) is 0 Å². The van der Waals surface area contributed by atoms with Gasteiger partial charge in [0.05, 0.1) is 0 Å². The summed E-state index contributed by atoms with van der Waals surface area (Å²) in [5.41, 5.74) is -1.30. The van der Waals surface area contributed by atoms with Crippen LogP contribution in [0.5, 0.6) is 0 Å². The van der Waals surface area contributed by atoms with Crippen LogP contribution in [0.2, 0.25) is 0 Å². The molecule has 0 aromatic rings. The largest absolute Gasteiger partial charge is 0.379 e. The van der Waals surface area contributed by atoms with E-state index in [1.807, 2.05) is 16.8 Å². The average molecular weight is 354 g/mol. The Morgan fingerprint density at radius 1 is 1.32 bits per heavy atom. The van der Waals surface area contributed by atoms with Crippen molar-refractivity contribution in [2.24, 2.45) is 5.92 Å². The standard InChI is InChI=1S/C19H35N3O3/c1-20-17(23)10-13-21(2)15-19(25)11-6-12-22(18(19)24)14-9-16-7-4-3-5-8-16/h16,25H,3-15H2,1-2H3,(H,20,23)/t19-/m0/s1. The van der Waals surface area contributed by atoms with Gasteiger partial charge in [-0.1, -0.05) is 32.1 Å². The molecule has 2 amide bonds. The maximum absolute atomic E-state index is 12.8. The molecular formula is C19H35N3O3. The van der Waals surface area contributed by atoms with Crippen molar-refractivity contribution in [2.75, 3.05) is 40.3 Å². The predicted molar refractivity (Wildman–Crippen MR) is 98.1 cm³/mol. The van der Waals surface area contributed by atoms with Crippen molar-refractivity contribution >= 4 is 11.8 Å². The lowest BCUT2D eigenvalue weighted by Gasteiger charge is -2.40. The van der Waals surface area contributed by atoms with Crippen molar-refractivity contribution in [1.29, 1.82) is 0 Å². The zero-order valence-corrected chi connectivity index (χ0v) is 15.9. The van der Waals surface area contributed by atoms with E-state index in [0.29, 0.717) is 25.9 Å². The topological polar surface area (TPSA) is 72.9 Å². The molecule has 144 valence electrons. The van der Waals surface area contributed by atoms with E-state index >= 15 is 0 Å². The van der Waals surface area contributed by atoms with E-state index in [2.05, 4.69) is 5.32 Å². The molecule has 0 radical (unpaired) electrons. The number of carbonyl (C=O) groups is 2. The molecule has 0 spiro atoms. The van der Waals surface area contributed by atoms with Gasteiger partial charge in [-0.2, -0.15) is 0 Å². The molecule has 0 aromatic heterocycles. The summed E-state index contributed by atoms with van der Waals surface area (Å²) in [6, 6.07) is 0. The van der Waals surface area contributed by atoms with Gasteiger partial charge in [0.1, 0.15) is 0 Å². The zero-order valence-electron chi connectivity index (χ0n) is 15.9. The minimum atomic E-state index is -1.30. The van der Waals surface area contributed by atoms with Crippen LogP contribution in [0.25, 0.3) is 0 Å². The monoisotopic (exact) mass is 353 g/mol. The Kier molecular flexibility index (Phi) is 7.69. The van der Waals surface area contributed by atoms with Crippen LogP contribution in [-0.4, -0.2) is 72.6 Å². The SMILES string of the molecule is CNC(=O)CCN(C)C[C@@]1(O)CCCN(CCC2CCCCC2)C1=O. The van der Waals surface area contributed by atoms with Gasteiger partial charge in [0.25, 0.3) is 5.91 Å². The lowest BCUT2D eigenvalue weighted by molar-refractivity contribution is -0.159. The highest BCUT2D eigenvalue weighted by Crippen LogP contribution is 2.28. The summed E-state index contributed by atoms with van der Waals surface area (Å²) in [6.07, 6.45) is 9.35. The Morgan fingerprint density at radius 2 is 2.04 bits per heavy atom. The van der Waals surface area contributed by atoms with Crippen LogP contribution in [-0.2, 0) is 9.59 Å². The third-order valence-corrected chi connectivity index (χ3v) is 5.77. The Morgan fingerprint density at radius 3 is 2.72 bits per heavy atom. The Balaban J connectivity index is 1.82. The fourth-order valence-electron chi connectivity index (χ4n) is 4.18. The number of amides is 2. The number of aliphatic hydroxyl groups is 1. The first kappa shape index (κ1) is 20.2. The zero-order chi connectivity index (χ0) is 18.3. The molecule has 2 rings (SSSR count). The summed E-state index contributed by atoms with van der Waals surface area (Å²) in [5, 5.41) is 13.5. The third-order valence-electron chi connectivity index (χ3n) is 5.77. The fraction of sp³-hybridized carbons (Fsp3) is 0.895. The number of hydrogen-bond donors (Lipinski definition) is 2. The van der Waals surface area contributed by atoms with Crippen molar-refractivity contribution in [3.05, 3.63) is 0 Å². The molecule has 2 fully saturated rings. The summed E-state index contributed by atoms with van der Waals surface area (Å²) >= 11 is 0. The lowest BCUT2D eigenvalue weighted by atomic mass is 9.86. The highest BCUT2D eigenvalue weighted by Gasteiger charge is 2.42. The molecule has 0 unspecified atom stereocenters. The minimum absolute atomic E-state index is 0.0251. The summed E-state index contributed by atoms with van der Waals surface area (Å²) in [6.45, 7) is 2.36. The van der Waals surface area contributed by atoms with Crippen molar-refractivity contribution in [3.63, 3.8) is 0 Å². The molecule has 6 nitrogen and oxygen atoms in total. The van der Waals surface area contributed by atoms with E-state index in [9.17, 15) is 14.7 Å². The Bertz CT molecular complexity index is 451. The molecule has 1 saturated carbocycles. The molecular weight excluding hydrogens is 318 g/mol. The van der Waals surface area contributed by atoms with Crippen molar-refractivity contribution in [1.82, 2.24) is 15.1 Å². The number of piperidine rings is 1. The summed E-state index contributed by atoms with van der Waals surface area (Å²) in [7, 11) is 3.47. The highest BCUT2D eigenvalue weighted by atomic mass is 16.3. The van der Waals surface area contributed by atoms with Crippen LogP contribution in [0.15, 0.2) is 0 Å². The van der Waals surface area contributed by atoms with Crippen molar-refractivity contribution < 1.29 is 14.7 Å². The number of nitrogens with zero attached hydrogens (tertiary/aromatic N) is 2. The summed E-state index contributed by atoms with van der Waals surface area (Å²) in [4.78, 5) is 27.9. The molecule has 0 aromatic carbocycles. The van der Waals surface area contributed by atoms with Gasteiger partial charge in [-0.05, 0) is 32.2 Å². The smallest absolute Gasteiger partial charge is 0.255 e. The van der Waals surface area contributed by atoms with Gasteiger partial charge in [0.2, 0.25) is 5.91 Å². The molecule has 1 saturated heterocycles. The first-order valence-corrected chi connectivity index (χ1v) is 9.85. The molecule has 1 aliphatic heterocycles. The van der Waals surface area contributed by atoms with Crippen LogP contribution < -0.4 is 5.32 Å². The number of rotatable bonds is 8. The Hall–Kier alpha value is -1.14. The number of carbonyl (C=O) groups excluding carboxylic acids is 2. The molecule has 1 heterocycles. The number of likely N-dealkylation sites (tertiary alicyclic amines) is 1. The summed E-state index contributed by atoms with van der Waals surface area (Å²) < 4.78 is 0. The van der Waals surface area contributed by atoms with E-state index in [0.717, 1.165) is 31.8 Å². The van der Waals surface area contributed by atoms with E-state index in [1.54, 1.807) is 7.05 Å². The van der Waals surface area contributed by atoms with Gasteiger partial charge >= 0.3 is 0 Å². The summed E-state index contributed by atoms with van der Waals surface area (Å²) in [5.74, 6) is 0.594. The van der Waals surface area contributed by atoms with Crippen LogP contribution in [0.4, 0.5) is 0 Å². The van der Waals surface area contributed by atoms with E-state index in [-0.39, 0.29) is 11.8 Å². The first-order chi connectivity index (χ1) is 11.9. The maximum atomic E-state index is 12.8. The highest BCUT2D eigenvalue weighted by molar-refractivity contribution is 5.86. The maximum Gasteiger partial charge on any atom is 0.255 e. The number of nitrogens with one attached hydrogen (secondary N) is 1. The van der Waals surface area contributed by atoms with Gasteiger partial charge in [-0.15, -0.1) is 0 Å². The van der Waals surface area contributed by atoms with Crippen molar-refractivity contribution in [2.45, 2.75) is 63.4 Å². The van der Waals surface area contributed by atoms with E-state index in [4.69, 9.17) is 0 Å². The average Bonchev–Trinajstić information content (AvgIpc) is 2.62. The second kappa shape index (κ2) is 9.53. The van der Waals surface area contributed by atoms with Crippen LogP contribution in [0.1, 0.15) is 57.8 Å². The van der Waals surface area contributed by atoms with Crippen LogP contribution in [0, 0.1) is 5.92 Å². The van der Waals surface area contributed by atoms with Gasteiger partial charge in [-0.25, -0.2) is 0 Å². The first-order valence-electron chi connectivity index (χ1n) is 9.85. The minimum Gasteiger partial charge on any atom is -0.379 e. The van der Waals surface area contributed by atoms with Gasteiger partial charge in [-0.3, -0.25) is 9.59 Å². The molecule has 25 heavy (non-hydrogen) atoms. The lowest BCUT2D eigenvalue weighted by Crippen LogP contribution is -2.58. The molecule has 0 bridgehead atoms. The fourth-order valence-corrected chi connectivity index (χ4v) is 4.18. The molecule has 1 aliphatic carbocycles. The quantitative estimate of drug-likeness (QED) is 0.691. The van der Waals surface area contributed by atoms with Gasteiger partial charge in [0.15, 0.2) is 5.60 Å². The van der Waals surface area contributed by atoms with E-state index in [1.165, 1.54) is 32.1 Å². The van der Waals surface area contributed by atoms with Crippen LogP contribution >= 0.6 is 0 Å². The van der Waals surface area contributed by atoms with E-state index < -0.39 is 5.60 Å². The molecule has 6 heteroatoms. The number of hydrogen-bond acceptors (Lipinski definition) is 4. The second-order valence-corrected chi connectivity index (χ2v) is 7.88.